The highest BCUT2D eigenvalue weighted by Gasteiger charge is 2.35. The van der Waals surface area contributed by atoms with E-state index < -0.39 is 11.8 Å². The third kappa shape index (κ3) is 4.30. The third-order valence-corrected chi connectivity index (χ3v) is 5.98. The smallest absolute Gasteiger partial charge is 0.270 e. The Morgan fingerprint density at radius 3 is 2.70 bits per heavy atom. The van der Waals surface area contributed by atoms with Gasteiger partial charge in [-0.2, -0.15) is 0 Å². The molecule has 30 heavy (non-hydrogen) atoms. The summed E-state index contributed by atoms with van der Waals surface area (Å²) in [6.07, 6.45) is 3.77. The fourth-order valence-electron chi connectivity index (χ4n) is 3.00. The third-order valence-electron chi connectivity index (χ3n) is 4.30. The van der Waals surface area contributed by atoms with E-state index in [0.29, 0.717) is 22.2 Å². The van der Waals surface area contributed by atoms with E-state index in [-0.39, 0.29) is 26.4 Å². The molecule has 5 nitrogen and oxygen atoms in total. The van der Waals surface area contributed by atoms with Gasteiger partial charge in [0, 0.05) is 0 Å². The van der Waals surface area contributed by atoms with Gasteiger partial charge in [0.15, 0.2) is 5.11 Å². The number of nitrogens with one attached hydrogen (secondary N) is 1. The van der Waals surface area contributed by atoms with Crippen molar-refractivity contribution < 1.29 is 14.3 Å². The molecule has 0 bridgehead atoms. The summed E-state index contributed by atoms with van der Waals surface area (Å²) in [7, 11) is 1.57. The summed E-state index contributed by atoms with van der Waals surface area (Å²) in [5.74, 6) is -0.549. The fourth-order valence-corrected chi connectivity index (χ4v) is 4.34. The van der Waals surface area contributed by atoms with Crippen LogP contribution in [-0.2, 0) is 16.0 Å². The lowest BCUT2D eigenvalue weighted by atomic mass is 10.0. The number of nitrogens with zero attached hydrogens (tertiary/aromatic N) is 1. The first-order valence-electron chi connectivity index (χ1n) is 8.61. The van der Waals surface area contributed by atoms with Gasteiger partial charge in [-0.15, -0.1) is 6.58 Å². The number of anilines is 1. The number of allylic oxidation sites excluding steroid dienone is 1. The summed E-state index contributed by atoms with van der Waals surface area (Å²) in [5.41, 5.74) is 1.67. The fraction of sp³-hybridized carbons (Fsp3) is 0.0952. The SMILES string of the molecule is C=CCc1cc(/C=C2\C(=O)NC(=S)N(c3cccc(Cl)c3Cl)C2=O)cc(Br)c1OC. The Morgan fingerprint density at radius 2 is 2.03 bits per heavy atom. The molecule has 0 aromatic heterocycles. The molecule has 2 amide bonds. The highest BCUT2D eigenvalue weighted by atomic mass is 79.9. The normalized spacial score (nSPS) is 15.4. The Labute approximate surface area is 197 Å². The predicted molar refractivity (Wildman–Crippen MR) is 127 cm³/mol. The summed E-state index contributed by atoms with van der Waals surface area (Å²) in [6.45, 7) is 3.75. The molecular formula is C21H15BrCl2N2O3S. The first-order chi connectivity index (χ1) is 14.3. The van der Waals surface area contributed by atoms with Crippen LogP contribution in [0.15, 0.2) is 53.0 Å². The van der Waals surface area contributed by atoms with Crippen LogP contribution < -0.4 is 15.0 Å². The lowest BCUT2D eigenvalue weighted by Gasteiger charge is -2.29. The summed E-state index contributed by atoms with van der Waals surface area (Å²) >= 11 is 21.0. The molecule has 1 aliphatic heterocycles. The first kappa shape index (κ1) is 22.5. The van der Waals surface area contributed by atoms with Crippen molar-refractivity contribution in [2.24, 2.45) is 0 Å². The average molecular weight is 526 g/mol. The summed E-state index contributed by atoms with van der Waals surface area (Å²) in [5, 5.41) is 2.88. The molecule has 3 rings (SSSR count). The molecule has 0 atom stereocenters. The zero-order valence-electron chi connectivity index (χ0n) is 15.7. The van der Waals surface area contributed by atoms with Crippen LogP contribution in [0, 0.1) is 0 Å². The Morgan fingerprint density at radius 1 is 1.30 bits per heavy atom. The molecule has 1 heterocycles. The van der Waals surface area contributed by atoms with E-state index in [0.717, 1.165) is 10.5 Å². The number of benzene rings is 2. The first-order valence-corrected chi connectivity index (χ1v) is 10.6. The number of hydrogen-bond donors (Lipinski definition) is 1. The van der Waals surface area contributed by atoms with Crippen molar-refractivity contribution in [3.05, 3.63) is 74.2 Å². The van der Waals surface area contributed by atoms with Crippen molar-refractivity contribution in [2.45, 2.75) is 6.42 Å². The van der Waals surface area contributed by atoms with Crippen LogP contribution in [0.4, 0.5) is 5.69 Å². The minimum atomic E-state index is -0.606. The van der Waals surface area contributed by atoms with E-state index in [4.69, 9.17) is 40.2 Å². The maximum atomic E-state index is 13.2. The van der Waals surface area contributed by atoms with Crippen molar-refractivity contribution >= 4 is 80.0 Å². The van der Waals surface area contributed by atoms with Gasteiger partial charge in [0.25, 0.3) is 11.8 Å². The average Bonchev–Trinajstić information content (AvgIpc) is 2.68. The molecular weight excluding hydrogens is 511 g/mol. The number of carbonyl (C=O) groups is 2. The lowest BCUT2D eigenvalue weighted by Crippen LogP contribution is -2.54. The highest BCUT2D eigenvalue weighted by molar-refractivity contribution is 9.10. The Kier molecular flexibility index (Phi) is 6.98. The van der Waals surface area contributed by atoms with Gasteiger partial charge in [-0.3, -0.25) is 19.8 Å². The minimum absolute atomic E-state index is 0.0745. The number of amides is 2. The van der Waals surface area contributed by atoms with Crippen LogP contribution in [0.25, 0.3) is 6.08 Å². The van der Waals surface area contributed by atoms with Gasteiger partial charge in [0.05, 0.1) is 27.3 Å². The van der Waals surface area contributed by atoms with Crippen LogP contribution in [-0.4, -0.2) is 24.0 Å². The van der Waals surface area contributed by atoms with E-state index in [1.54, 1.807) is 37.5 Å². The molecule has 0 saturated carbocycles. The molecule has 2 aromatic rings. The largest absolute Gasteiger partial charge is 0.495 e. The molecule has 1 fully saturated rings. The number of hydrogen-bond acceptors (Lipinski definition) is 4. The molecule has 0 aliphatic carbocycles. The lowest BCUT2D eigenvalue weighted by molar-refractivity contribution is -0.122. The quantitative estimate of drug-likeness (QED) is 0.248. The number of thiocarbonyl (C=S) groups is 1. The van der Waals surface area contributed by atoms with E-state index in [2.05, 4.69) is 27.8 Å². The number of methoxy groups -OCH3 is 1. The second-order valence-corrected chi connectivity index (χ2v) is 8.24. The van der Waals surface area contributed by atoms with Gasteiger partial charge in [-0.25, -0.2) is 0 Å². The Hall–Kier alpha value is -2.19. The molecule has 1 saturated heterocycles. The topological polar surface area (TPSA) is 58.6 Å². The number of ether oxygens (including phenoxy) is 1. The van der Waals surface area contributed by atoms with Crippen molar-refractivity contribution in [3.63, 3.8) is 0 Å². The standard InChI is InChI=1S/C21H15BrCl2N2O3S/c1-3-5-12-8-11(10-14(22)18(12)29-2)9-13-19(27)25-21(30)26(20(13)28)16-7-4-6-15(23)17(16)24/h3-4,6-10H,1,5H2,2H3,(H,25,27,30)/b13-9+. The monoisotopic (exact) mass is 524 g/mol. The van der Waals surface area contributed by atoms with Crippen LogP contribution in [0.5, 0.6) is 5.75 Å². The summed E-state index contributed by atoms with van der Waals surface area (Å²) in [4.78, 5) is 26.9. The van der Waals surface area contributed by atoms with Crippen LogP contribution in [0.3, 0.4) is 0 Å². The van der Waals surface area contributed by atoms with Crippen LogP contribution >= 0.6 is 51.3 Å². The Bertz CT molecular complexity index is 1120. The van der Waals surface area contributed by atoms with Crippen molar-refractivity contribution in [1.82, 2.24) is 5.32 Å². The zero-order chi connectivity index (χ0) is 22.0. The van der Waals surface area contributed by atoms with Crippen LogP contribution in [0.2, 0.25) is 10.0 Å². The maximum absolute atomic E-state index is 13.2. The maximum Gasteiger partial charge on any atom is 0.270 e. The van der Waals surface area contributed by atoms with Gasteiger partial charge in [-0.1, -0.05) is 35.3 Å². The zero-order valence-corrected chi connectivity index (χ0v) is 19.6. The van der Waals surface area contributed by atoms with Crippen molar-refractivity contribution in [1.29, 1.82) is 0 Å². The molecule has 0 radical (unpaired) electrons. The van der Waals surface area contributed by atoms with Crippen LogP contribution in [0.1, 0.15) is 11.1 Å². The van der Waals surface area contributed by atoms with E-state index in [1.165, 1.54) is 6.08 Å². The molecule has 2 aromatic carbocycles. The van der Waals surface area contributed by atoms with Gasteiger partial charge in [-0.05, 0) is 76.0 Å². The molecule has 1 N–H and O–H groups in total. The molecule has 154 valence electrons. The second-order valence-electron chi connectivity index (χ2n) is 6.22. The molecule has 9 heteroatoms. The number of halogens is 3. The van der Waals surface area contributed by atoms with Gasteiger partial charge in [0.2, 0.25) is 0 Å². The van der Waals surface area contributed by atoms with E-state index in [9.17, 15) is 9.59 Å². The van der Waals surface area contributed by atoms with Gasteiger partial charge < -0.3 is 4.74 Å². The summed E-state index contributed by atoms with van der Waals surface area (Å²) < 4.78 is 6.10. The number of carbonyl (C=O) groups excluding carboxylic acids is 2. The van der Waals surface area contributed by atoms with Gasteiger partial charge >= 0.3 is 0 Å². The summed E-state index contributed by atoms with van der Waals surface area (Å²) in [6, 6.07) is 8.41. The minimum Gasteiger partial charge on any atom is -0.495 e. The predicted octanol–water partition coefficient (Wildman–Crippen LogP) is 5.32. The second kappa shape index (κ2) is 9.31. The highest BCUT2D eigenvalue weighted by Crippen LogP contribution is 2.35. The van der Waals surface area contributed by atoms with Crippen molar-refractivity contribution in [3.8, 4) is 5.75 Å². The molecule has 0 spiro atoms. The number of rotatable bonds is 5. The van der Waals surface area contributed by atoms with E-state index >= 15 is 0 Å². The Balaban J connectivity index is 2.09. The van der Waals surface area contributed by atoms with Gasteiger partial charge in [0.1, 0.15) is 11.3 Å². The van der Waals surface area contributed by atoms with E-state index in [1.807, 2.05) is 6.07 Å². The van der Waals surface area contributed by atoms with Crippen molar-refractivity contribution in [2.75, 3.05) is 12.0 Å². The molecule has 1 aliphatic rings. The molecule has 0 unspecified atom stereocenters.